The maximum atomic E-state index is 12.4. The summed E-state index contributed by atoms with van der Waals surface area (Å²) >= 11 is 4.95. The molecule has 1 atom stereocenters. The molecule has 1 saturated heterocycles. The van der Waals surface area contributed by atoms with Crippen molar-refractivity contribution < 1.29 is 4.79 Å². The number of nitrogens with zero attached hydrogens (tertiary/aromatic N) is 3. The number of carbonyl (C=O) groups excluding carboxylic acids is 1. The number of rotatable bonds is 2. The molecular weight excluding hydrogens is 326 g/mol. The first-order valence-electron chi connectivity index (χ1n) is 6.26. The minimum Gasteiger partial charge on any atom is -0.336 e. The van der Waals surface area contributed by atoms with E-state index in [2.05, 4.69) is 21.0 Å². The predicted molar refractivity (Wildman–Crippen MR) is 78.4 cm³/mol. The summed E-state index contributed by atoms with van der Waals surface area (Å²) < 4.78 is 2.96. The molecule has 0 aliphatic carbocycles. The van der Waals surface area contributed by atoms with Gasteiger partial charge in [0.15, 0.2) is 0 Å². The Bertz CT molecular complexity index is 566. The summed E-state index contributed by atoms with van der Waals surface area (Å²) in [6.07, 6.45) is 5.87. The lowest BCUT2D eigenvalue weighted by molar-refractivity contribution is 0.0673. The van der Waals surface area contributed by atoms with Gasteiger partial charge in [0.05, 0.1) is 15.4 Å². The van der Waals surface area contributed by atoms with Crippen LogP contribution in [0.1, 0.15) is 29.2 Å². The van der Waals surface area contributed by atoms with Gasteiger partial charge in [-0.05, 0) is 40.9 Å². The van der Waals surface area contributed by atoms with Gasteiger partial charge in [0.1, 0.15) is 0 Å². The van der Waals surface area contributed by atoms with Crippen LogP contribution in [0.3, 0.4) is 0 Å². The molecule has 3 rings (SSSR count). The van der Waals surface area contributed by atoms with Crippen molar-refractivity contribution >= 4 is 33.2 Å². The molecule has 0 saturated carbocycles. The molecule has 19 heavy (non-hydrogen) atoms. The second-order valence-corrected chi connectivity index (χ2v) is 6.96. The molecule has 4 nitrogen and oxygen atoms in total. The van der Waals surface area contributed by atoms with Crippen molar-refractivity contribution in [2.45, 2.75) is 18.9 Å². The SMILES string of the molecule is O=C(c1csc(Br)c1)N1CCC[C@@H](n2cccn2)C1. The maximum absolute atomic E-state index is 12.4. The van der Waals surface area contributed by atoms with Crippen LogP contribution in [0.4, 0.5) is 0 Å². The number of aromatic nitrogens is 2. The minimum atomic E-state index is 0.124. The smallest absolute Gasteiger partial charge is 0.254 e. The topological polar surface area (TPSA) is 38.1 Å². The molecule has 1 amide bonds. The number of hydrogen-bond donors (Lipinski definition) is 0. The van der Waals surface area contributed by atoms with Crippen molar-refractivity contribution in [3.8, 4) is 0 Å². The molecule has 1 aliphatic rings. The Morgan fingerprint density at radius 3 is 3.11 bits per heavy atom. The molecule has 1 aliphatic heterocycles. The van der Waals surface area contributed by atoms with Gasteiger partial charge < -0.3 is 4.90 Å². The standard InChI is InChI=1S/C13H14BrN3OS/c14-12-7-10(9-19-12)13(18)16-5-1-3-11(8-16)17-6-2-4-15-17/h2,4,6-7,9,11H,1,3,5,8H2/t11-/m1/s1. The summed E-state index contributed by atoms with van der Waals surface area (Å²) in [5.74, 6) is 0.124. The Hall–Kier alpha value is -1.14. The van der Waals surface area contributed by atoms with Gasteiger partial charge in [0.2, 0.25) is 0 Å². The molecule has 2 aromatic heterocycles. The minimum absolute atomic E-state index is 0.124. The quantitative estimate of drug-likeness (QED) is 0.842. The van der Waals surface area contributed by atoms with E-state index >= 15 is 0 Å². The first kappa shape index (κ1) is 12.9. The van der Waals surface area contributed by atoms with Crippen molar-refractivity contribution in [1.29, 1.82) is 0 Å². The van der Waals surface area contributed by atoms with E-state index in [0.717, 1.165) is 35.3 Å². The Morgan fingerprint density at radius 1 is 1.53 bits per heavy atom. The highest BCUT2D eigenvalue weighted by Gasteiger charge is 2.26. The summed E-state index contributed by atoms with van der Waals surface area (Å²) in [4.78, 5) is 14.3. The lowest BCUT2D eigenvalue weighted by atomic mass is 10.1. The Labute approximate surface area is 124 Å². The number of carbonyl (C=O) groups is 1. The van der Waals surface area contributed by atoms with Crippen LogP contribution in [0, 0.1) is 0 Å². The van der Waals surface area contributed by atoms with Crippen LogP contribution in [0.5, 0.6) is 0 Å². The highest BCUT2D eigenvalue weighted by atomic mass is 79.9. The van der Waals surface area contributed by atoms with E-state index in [0.29, 0.717) is 6.04 Å². The van der Waals surface area contributed by atoms with E-state index < -0.39 is 0 Å². The maximum Gasteiger partial charge on any atom is 0.254 e. The second kappa shape index (κ2) is 5.46. The summed E-state index contributed by atoms with van der Waals surface area (Å²) in [7, 11) is 0. The molecule has 0 aromatic carbocycles. The van der Waals surface area contributed by atoms with Gasteiger partial charge in [0.25, 0.3) is 5.91 Å². The van der Waals surface area contributed by atoms with Gasteiger partial charge >= 0.3 is 0 Å². The van der Waals surface area contributed by atoms with Crippen LogP contribution in [-0.2, 0) is 0 Å². The van der Waals surface area contributed by atoms with Crippen molar-refractivity contribution in [3.05, 3.63) is 39.3 Å². The number of hydrogen-bond acceptors (Lipinski definition) is 3. The average molecular weight is 340 g/mol. The van der Waals surface area contributed by atoms with Gasteiger partial charge in [-0.25, -0.2) is 0 Å². The predicted octanol–water partition coefficient (Wildman–Crippen LogP) is 3.18. The highest BCUT2D eigenvalue weighted by molar-refractivity contribution is 9.11. The number of amides is 1. The van der Waals surface area contributed by atoms with Crippen molar-refractivity contribution in [1.82, 2.24) is 14.7 Å². The summed E-state index contributed by atoms with van der Waals surface area (Å²) in [6, 6.07) is 4.12. The van der Waals surface area contributed by atoms with E-state index in [-0.39, 0.29) is 5.91 Å². The van der Waals surface area contributed by atoms with E-state index in [4.69, 9.17) is 0 Å². The fourth-order valence-corrected chi connectivity index (χ4v) is 3.59. The zero-order valence-electron chi connectivity index (χ0n) is 10.3. The Morgan fingerprint density at radius 2 is 2.42 bits per heavy atom. The average Bonchev–Trinajstić information content (AvgIpc) is 3.09. The van der Waals surface area contributed by atoms with Crippen molar-refractivity contribution in [2.75, 3.05) is 13.1 Å². The molecular formula is C13H14BrN3OS. The molecule has 0 unspecified atom stereocenters. The summed E-state index contributed by atoms with van der Waals surface area (Å²) in [5, 5.41) is 6.19. The number of halogens is 1. The number of thiophene rings is 1. The van der Waals surface area contributed by atoms with Gasteiger partial charge in [-0.1, -0.05) is 0 Å². The first-order chi connectivity index (χ1) is 9.24. The largest absolute Gasteiger partial charge is 0.336 e. The lowest BCUT2D eigenvalue weighted by Crippen LogP contribution is -2.40. The van der Waals surface area contributed by atoms with Gasteiger partial charge in [0, 0.05) is 30.9 Å². The highest BCUT2D eigenvalue weighted by Crippen LogP contribution is 2.25. The zero-order chi connectivity index (χ0) is 13.2. The third kappa shape index (κ3) is 2.74. The van der Waals surface area contributed by atoms with Gasteiger partial charge in [-0.2, -0.15) is 5.10 Å². The van der Waals surface area contributed by atoms with Crippen molar-refractivity contribution in [2.24, 2.45) is 0 Å². The third-order valence-corrected chi connectivity index (χ3v) is 4.90. The van der Waals surface area contributed by atoms with Gasteiger partial charge in [-0.3, -0.25) is 9.48 Å². The van der Waals surface area contributed by atoms with E-state index in [1.165, 1.54) is 0 Å². The normalized spacial score (nSPS) is 19.6. The number of piperidine rings is 1. The molecule has 0 radical (unpaired) electrons. The zero-order valence-corrected chi connectivity index (χ0v) is 12.7. The second-order valence-electron chi connectivity index (χ2n) is 4.67. The van der Waals surface area contributed by atoms with Crippen LogP contribution >= 0.6 is 27.3 Å². The van der Waals surface area contributed by atoms with Crippen LogP contribution < -0.4 is 0 Å². The third-order valence-electron chi connectivity index (χ3n) is 3.40. The van der Waals surface area contributed by atoms with Crippen molar-refractivity contribution in [3.63, 3.8) is 0 Å². The Balaban J connectivity index is 1.73. The fourth-order valence-electron chi connectivity index (χ4n) is 2.46. The lowest BCUT2D eigenvalue weighted by Gasteiger charge is -2.32. The number of likely N-dealkylation sites (tertiary alicyclic amines) is 1. The van der Waals surface area contributed by atoms with Gasteiger partial charge in [-0.15, -0.1) is 11.3 Å². The van der Waals surface area contributed by atoms with Crippen LogP contribution in [0.2, 0.25) is 0 Å². The van der Waals surface area contributed by atoms with Crippen LogP contribution in [0.25, 0.3) is 0 Å². The molecule has 0 bridgehead atoms. The molecule has 3 heterocycles. The molecule has 0 N–H and O–H groups in total. The van der Waals surface area contributed by atoms with E-state index in [1.54, 1.807) is 17.5 Å². The fraction of sp³-hybridized carbons (Fsp3) is 0.385. The molecule has 6 heteroatoms. The summed E-state index contributed by atoms with van der Waals surface area (Å²) in [6.45, 7) is 1.58. The molecule has 100 valence electrons. The molecule has 2 aromatic rings. The monoisotopic (exact) mass is 339 g/mol. The summed E-state index contributed by atoms with van der Waals surface area (Å²) in [5.41, 5.74) is 0.776. The Kier molecular flexibility index (Phi) is 3.70. The molecule has 0 spiro atoms. The first-order valence-corrected chi connectivity index (χ1v) is 7.94. The van der Waals surface area contributed by atoms with Crippen LogP contribution in [0.15, 0.2) is 33.7 Å². The molecule has 1 fully saturated rings. The van der Waals surface area contributed by atoms with Crippen LogP contribution in [-0.4, -0.2) is 33.7 Å². The van der Waals surface area contributed by atoms with E-state index in [1.807, 2.05) is 33.3 Å². The van der Waals surface area contributed by atoms with E-state index in [9.17, 15) is 4.79 Å².